The van der Waals surface area contributed by atoms with Gasteiger partial charge in [-0.3, -0.25) is 4.79 Å². The standard InChI is InChI=1S/C17H28N2O/c1-5-6-7-8-10-13(2)19-16-12-9-11-15(14(16)3)17(20)18-4/h9,11-13,19H,5-8,10H2,1-4H3,(H,18,20). The molecule has 0 bridgehead atoms. The number of anilines is 1. The van der Waals surface area contributed by atoms with Crippen molar-refractivity contribution in [2.45, 2.75) is 58.9 Å². The first-order valence-corrected chi connectivity index (χ1v) is 7.68. The first-order valence-electron chi connectivity index (χ1n) is 7.68. The van der Waals surface area contributed by atoms with Gasteiger partial charge in [-0.1, -0.05) is 38.7 Å². The lowest BCUT2D eigenvalue weighted by Gasteiger charge is -2.18. The van der Waals surface area contributed by atoms with Crippen LogP contribution >= 0.6 is 0 Å². The van der Waals surface area contributed by atoms with Gasteiger partial charge in [-0.2, -0.15) is 0 Å². The van der Waals surface area contributed by atoms with Crippen molar-refractivity contribution in [1.82, 2.24) is 5.32 Å². The van der Waals surface area contributed by atoms with E-state index in [2.05, 4.69) is 24.5 Å². The molecule has 112 valence electrons. The average Bonchev–Trinajstić information content (AvgIpc) is 2.45. The highest BCUT2D eigenvalue weighted by atomic mass is 16.1. The zero-order chi connectivity index (χ0) is 15.0. The van der Waals surface area contributed by atoms with Gasteiger partial charge in [0.1, 0.15) is 0 Å². The largest absolute Gasteiger partial charge is 0.382 e. The summed E-state index contributed by atoms with van der Waals surface area (Å²) < 4.78 is 0. The fraction of sp³-hybridized carbons (Fsp3) is 0.588. The number of carbonyl (C=O) groups is 1. The molecular weight excluding hydrogens is 248 g/mol. The molecule has 0 aliphatic rings. The second kappa shape index (κ2) is 8.62. The van der Waals surface area contributed by atoms with Crippen LogP contribution in [0.4, 0.5) is 5.69 Å². The summed E-state index contributed by atoms with van der Waals surface area (Å²) in [5.41, 5.74) is 2.83. The van der Waals surface area contributed by atoms with E-state index < -0.39 is 0 Å². The van der Waals surface area contributed by atoms with E-state index in [0.717, 1.165) is 16.8 Å². The number of hydrogen-bond acceptors (Lipinski definition) is 2. The van der Waals surface area contributed by atoms with Gasteiger partial charge in [0.05, 0.1) is 0 Å². The van der Waals surface area contributed by atoms with E-state index in [4.69, 9.17) is 0 Å². The summed E-state index contributed by atoms with van der Waals surface area (Å²) in [5.74, 6) is -0.0262. The zero-order valence-corrected chi connectivity index (χ0v) is 13.3. The molecule has 1 unspecified atom stereocenters. The zero-order valence-electron chi connectivity index (χ0n) is 13.3. The summed E-state index contributed by atoms with van der Waals surface area (Å²) in [6, 6.07) is 6.28. The number of unbranched alkanes of at least 4 members (excludes halogenated alkanes) is 3. The van der Waals surface area contributed by atoms with Crippen LogP contribution in [0.1, 0.15) is 61.9 Å². The van der Waals surface area contributed by atoms with E-state index >= 15 is 0 Å². The Bertz CT molecular complexity index is 429. The van der Waals surface area contributed by atoms with E-state index in [1.807, 2.05) is 25.1 Å². The molecule has 1 aromatic carbocycles. The number of carbonyl (C=O) groups excluding carboxylic acids is 1. The molecule has 1 atom stereocenters. The molecule has 1 amide bonds. The molecule has 0 aliphatic carbocycles. The third-order valence-electron chi connectivity index (χ3n) is 3.70. The Morgan fingerprint density at radius 2 is 2.00 bits per heavy atom. The van der Waals surface area contributed by atoms with Crippen LogP contribution in [0, 0.1) is 6.92 Å². The third-order valence-corrected chi connectivity index (χ3v) is 3.70. The van der Waals surface area contributed by atoms with E-state index in [-0.39, 0.29) is 5.91 Å². The minimum atomic E-state index is -0.0262. The number of hydrogen-bond donors (Lipinski definition) is 2. The van der Waals surface area contributed by atoms with Gasteiger partial charge in [-0.25, -0.2) is 0 Å². The van der Waals surface area contributed by atoms with Gasteiger partial charge in [0, 0.05) is 24.3 Å². The van der Waals surface area contributed by atoms with E-state index in [0.29, 0.717) is 6.04 Å². The van der Waals surface area contributed by atoms with Crippen molar-refractivity contribution in [2.75, 3.05) is 12.4 Å². The second-order valence-corrected chi connectivity index (χ2v) is 5.45. The molecule has 20 heavy (non-hydrogen) atoms. The molecule has 0 aromatic heterocycles. The predicted molar refractivity (Wildman–Crippen MR) is 86.4 cm³/mol. The normalized spacial score (nSPS) is 12.0. The maximum atomic E-state index is 11.8. The van der Waals surface area contributed by atoms with Crippen molar-refractivity contribution in [2.24, 2.45) is 0 Å². The Morgan fingerprint density at radius 1 is 1.25 bits per heavy atom. The fourth-order valence-electron chi connectivity index (χ4n) is 2.39. The van der Waals surface area contributed by atoms with Crippen molar-refractivity contribution in [3.8, 4) is 0 Å². The monoisotopic (exact) mass is 276 g/mol. The molecule has 0 spiro atoms. The Balaban J connectivity index is 2.61. The van der Waals surface area contributed by atoms with Crippen LogP contribution in [0.25, 0.3) is 0 Å². The van der Waals surface area contributed by atoms with Crippen molar-refractivity contribution >= 4 is 11.6 Å². The highest BCUT2D eigenvalue weighted by molar-refractivity contribution is 5.96. The number of amides is 1. The molecule has 1 aromatic rings. The molecular formula is C17H28N2O. The predicted octanol–water partition coefficient (Wildman–Crippen LogP) is 4.13. The number of rotatable bonds is 8. The smallest absolute Gasteiger partial charge is 0.251 e. The van der Waals surface area contributed by atoms with Gasteiger partial charge in [0.15, 0.2) is 0 Å². The highest BCUT2D eigenvalue weighted by Crippen LogP contribution is 2.21. The summed E-state index contributed by atoms with van der Waals surface area (Å²) in [7, 11) is 1.66. The van der Waals surface area contributed by atoms with Crippen LogP contribution in [0.15, 0.2) is 18.2 Å². The minimum absolute atomic E-state index is 0.0262. The van der Waals surface area contributed by atoms with E-state index in [1.165, 1.54) is 32.1 Å². The van der Waals surface area contributed by atoms with Crippen LogP contribution < -0.4 is 10.6 Å². The lowest BCUT2D eigenvalue weighted by Crippen LogP contribution is -2.21. The van der Waals surface area contributed by atoms with Crippen molar-refractivity contribution in [3.63, 3.8) is 0 Å². The molecule has 0 radical (unpaired) electrons. The quantitative estimate of drug-likeness (QED) is 0.701. The Kier molecular flexibility index (Phi) is 7.13. The van der Waals surface area contributed by atoms with Crippen LogP contribution in [-0.2, 0) is 0 Å². The Hall–Kier alpha value is -1.51. The molecule has 2 N–H and O–H groups in total. The van der Waals surface area contributed by atoms with Gasteiger partial charge >= 0.3 is 0 Å². The summed E-state index contributed by atoms with van der Waals surface area (Å²) >= 11 is 0. The van der Waals surface area contributed by atoms with E-state index in [9.17, 15) is 4.79 Å². The summed E-state index contributed by atoms with van der Waals surface area (Å²) in [6.45, 7) is 6.43. The first-order chi connectivity index (χ1) is 9.60. The SMILES string of the molecule is CCCCCCC(C)Nc1cccc(C(=O)NC)c1C. The van der Waals surface area contributed by atoms with Crippen molar-refractivity contribution < 1.29 is 4.79 Å². The maximum absolute atomic E-state index is 11.8. The van der Waals surface area contributed by atoms with Crippen molar-refractivity contribution in [3.05, 3.63) is 29.3 Å². The molecule has 3 nitrogen and oxygen atoms in total. The summed E-state index contributed by atoms with van der Waals surface area (Å²) in [6.07, 6.45) is 6.33. The van der Waals surface area contributed by atoms with Gasteiger partial charge in [-0.05, 0) is 38.0 Å². The lowest BCUT2D eigenvalue weighted by molar-refractivity contribution is 0.0962. The summed E-state index contributed by atoms with van der Waals surface area (Å²) in [5, 5.41) is 6.21. The third kappa shape index (κ3) is 4.87. The van der Waals surface area contributed by atoms with Crippen LogP contribution in [0.3, 0.4) is 0 Å². The summed E-state index contributed by atoms with van der Waals surface area (Å²) in [4.78, 5) is 11.8. The molecule has 0 heterocycles. The fourth-order valence-corrected chi connectivity index (χ4v) is 2.39. The topological polar surface area (TPSA) is 41.1 Å². The van der Waals surface area contributed by atoms with Crippen LogP contribution in [0.2, 0.25) is 0 Å². The lowest BCUT2D eigenvalue weighted by atomic mass is 10.0. The van der Waals surface area contributed by atoms with Gasteiger partial charge in [0.25, 0.3) is 5.91 Å². The molecule has 0 saturated heterocycles. The van der Waals surface area contributed by atoms with Gasteiger partial charge < -0.3 is 10.6 Å². The molecule has 0 fully saturated rings. The minimum Gasteiger partial charge on any atom is -0.382 e. The Labute approximate surface area is 123 Å². The van der Waals surface area contributed by atoms with E-state index in [1.54, 1.807) is 7.05 Å². The Morgan fingerprint density at radius 3 is 2.65 bits per heavy atom. The van der Waals surface area contributed by atoms with Gasteiger partial charge in [-0.15, -0.1) is 0 Å². The van der Waals surface area contributed by atoms with Crippen molar-refractivity contribution in [1.29, 1.82) is 0 Å². The second-order valence-electron chi connectivity index (χ2n) is 5.45. The van der Waals surface area contributed by atoms with Gasteiger partial charge in [0.2, 0.25) is 0 Å². The number of nitrogens with one attached hydrogen (secondary N) is 2. The molecule has 1 rings (SSSR count). The maximum Gasteiger partial charge on any atom is 0.251 e. The molecule has 0 saturated carbocycles. The number of benzene rings is 1. The van der Waals surface area contributed by atoms with Crippen LogP contribution in [-0.4, -0.2) is 19.0 Å². The highest BCUT2D eigenvalue weighted by Gasteiger charge is 2.11. The molecule has 0 aliphatic heterocycles. The first kappa shape index (κ1) is 16.5. The average molecular weight is 276 g/mol. The van der Waals surface area contributed by atoms with Crippen LogP contribution in [0.5, 0.6) is 0 Å². The molecule has 3 heteroatoms.